The van der Waals surface area contributed by atoms with Gasteiger partial charge in [-0.3, -0.25) is 14.8 Å². The second-order valence-corrected chi connectivity index (χ2v) is 3.23. The van der Waals surface area contributed by atoms with Crippen LogP contribution in [0.1, 0.15) is 0 Å². The molecule has 78 valence electrons. The predicted molar refractivity (Wildman–Crippen MR) is 56.8 cm³/mol. The number of aromatic nitrogens is 5. The maximum atomic E-state index is 11.4. The summed E-state index contributed by atoms with van der Waals surface area (Å²) in [5.74, 6) is 0.410. The van der Waals surface area contributed by atoms with Gasteiger partial charge in [-0.15, -0.1) is 0 Å². The lowest BCUT2D eigenvalue weighted by Gasteiger charge is -2.01. The zero-order chi connectivity index (χ0) is 11.0. The normalized spacial score (nSPS) is 10.8. The van der Waals surface area contributed by atoms with E-state index >= 15 is 0 Å². The minimum absolute atomic E-state index is 0.221. The van der Waals surface area contributed by atoms with Gasteiger partial charge in [0.05, 0.1) is 11.4 Å². The van der Waals surface area contributed by atoms with Crippen LogP contribution in [0, 0.1) is 0 Å². The van der Waals surface area contributed by atoms with Gasteiger partial charge in [-0.2, -0.15) is 14.6 Å². The minimum Gasteiger partial charge on any atom is -0.291 e. The topological polar surface area (TPSA) is 75.9 Å². The van der Waals surface area contributed by atoms with Crippen LogP contribution in [0.4, 0.5) is 0 Å². The molecule has 0 spiro atoms. The number of fused-ring (bicyclic) bond motifs is 1. The lowest BCUT2D eigenvalue weighted by atomic mass is 10.2. The zero-order valence-corrected chi connectivity index (χ0v) is 8.16. The molecule has 16 heavy (non-hydrogen) atoms. The fourth-order valence-corrected chi connectivity index (χ4v) is 1.53. The molecule has 3 aromatic heterocycles. The first-order valence-corrected chi connectivity index (χ1v) is 4.69. The van der Waals surface area contributed by atoms with Gasteiger partial charge >= 0.3 is 0 Å². The van der Waals surface area contributed by atoms with E-state index < -0.39 is 0 Å². The summed E-state index contributed by atoms with van der Waals surface area (Å²) in [7, 11) is 0. The number of nitrogens with one attached hydrogen (secondary N) is 1. The summed E-state index contributed by atoms with van der Waals surface area (Å²) in [4.78, 5) is 22.1. The first-order chi connectivity index (χ1) is 7.84. The molecule has 3 aromatic rings. The van der Waals surface area contributed by atoms with Gasteiger partial charge in [0.1, 0.15) is 6.33 Å². The Bertz CT molecular complexity index is 685. The first-order valence-electron chi connectivity index (χ1n) is 4.69. The maximum Gasteiger partial charge on any atom is 0.252 e. The van der Waals surface area contributed by atoms with E-state index in [2.05, 4.69) is 20.1 Å². The summed E-state index contributed by atoms with van der Waals surface area (Å²) in [5, 5.41) is 4.03. The Hall–Kier alpha value is -2.50. The van der Waals surface area contributed by atoms with Crippen molar-refractivity contribution >= 4 is 5.78 Å². The molecule has 0 saturated heterocycles. The lowest BCUT2D eigenvalue weighted by molar-refractivity contribution is 0.933. The molecule has 0 aliphatic heterocycles. The quantitative estimate of drug-likeness (QED) is 0.637. The van der Waals surface area contributed by atoms with E-state index in [9.17, 15) is 4.79 Å². The average molecular weight is 213 g/mol. The lowest BCUT2D eigenvalue weighted by Crippen LogP contribution is -2.10. The van der Waals surface area contributed by atoms with Crippen LogP contribution in [-0.4, -0.2) is 24.6 Å². The number of pyridine rings is 1. The minimum atomic E-state index is -0.221. The zero-order valence-electron chi connectivity index (χ0n) is 8.16. The van der Waals surface area contributed by atoms with E-state index in [4.69, 9.17) is 0 Å². The van der Waals surface area contributed by atoms with Gasteiger partial charge < -0.3 is 0 Å². The predicted octanol–water partition coefficient (Wildman–Crippen LogP) is 0.480. The molecule has 0 bridgehead atoms. The van der Waals surface area contributed by atoms with Crippen LogP contribution in [-0.2, 0) is 0 Å². The van der Waals surface area contributed by atoms with Gasteiger partial charge in [-0.1, -0.05) is 6.07 Å². The summed E-state index contributed by atoms with van der Waals surface area (Å²) in [5.41, 5.74) is 1.09. The van der Waals surface area contributed by atoms with E-state index in [1.165, 1.54) is 12.4 Å². The van der Waals surface area contributed by atoms with Gasteiger partial charge in [-0.05, 0) is 12.1 Å². The molecule has 0 atom stereocenters. The summed E-state index contributed by atoms with van der Waals surface area (Å²) in [6.07, 6.45) is 3.05. The van der Waals surface area contributed by atoms with Crippen molar-refractivity contribution in [2.45, 2.75) is 0 Å². The number of nitrogens with zero attached hydrogens (tertiary/aromatic N) is 4. The molecule has 6 heteroatoms. The van der Waals surface area contributed by atoms with Crippen molar-refractivity contribution in [3.63, 3.8) is 0 Å². The fraction of sp³-hybridized carbons (Fsp3) is 0. The van der Waals surface area contributed by atoms with Crippen molar-refractivity contribution in [3.05, 3.63) is 47.1 Å². The Balaban J connectivity index is 2.39. The summed E-state index contributed by atoms with van der Waals surface area (Å²) in [6.45, 7) is 0. The highest BCUT2D eigenvalue weighted by molar-refractivity contribution is 5.56. The maximum absolute atomic E-state index is 11.4. The van der Waals surface area contributed by atoms with Gasteiger partial charge in [0.2, 0.25) is 5.78 Å². The summed E-state index contributed by atoms with van der Waals surface area (Å²) >= 11 is 0. The number of hydrogen-bond acceptors (Lipinski definition) is 4. The van der Waals surface area contributed by atoms with Gasteiger partial charge in [-0.25, -0.2) is 0 Å². The third-order valence-electron chi connectivity index (χ3n) is 2.21. The van der Waals surface area contributed by atoms with Crippen LogP contribution in [0.5, 0.6) is 0 Å². The van der Waals surface area contributed by atoms with Crippen LogP contribution in [0.15, 0.2) is 41.6 Å². The Morgan fingerprint density at radius 3 is 3.00 bits per heavy atom. The van der Waals surface area contributed by atoms with Gasteiger partial charge in [0.25, 0.3) is 5.56 Å². The van der Waals surface area contributed by atoms with Crippen molar-refractivity contribution in [1.82, 2.24) is 24.6 Å². The molecule has 0 aliphatic carbocycles. The third kappa shape index (κ3) is 1.28. The van der Waals surface area contributed by atoms with Crippen LogP contribution in [0.3, 0.4) is 0 Å². The number of hydrogen-bond donors (Lipinski definition) is 1. The van der Waals surface area contributed by atoms with Crippen molar-refractivity contribution in [3.8, 4) is 11.4 Å². The van der Waals surface area contributed by atoms with E-state index in [1.54, 1.807) is 10.7 Å². The van der Waals surface area contributed by atoms with Gasteiger partial charge in [0.15, 0.2) is 0 Å². The van der Waals surface area contributed by atoms with Crippen molar-refractivity contribution in [2.75, 3.05) is 0 Å². The molecule has 3 rings (SSSR count). The third-order valence-corrected chi connectivity index (χ3v) is 2.21. The average Bonchev–Trinajstić information content (AvgIpc) is 2.77. The Morgan fingerprint density at radius 1 is 1.25 bits per heavy atom. The molecule has 0 saturated carbocycles. The molecule has 0 amide bonds. The second kappa shape index (κ2) is 3.27. The smallest absolute Gasteiger partial charge is 0.252 e. The molecule has 0 aromatic carbocycles. The molecular formula is C10H7N5O. The molecule has 6 nitrogen and oxygen atoms in total. The Labute approximate surface area is 89.6 Å². The second-order valence-electron chi connectivity index (χ2n) is 3.23. The van der Waals surface area contributed by atoms with Crippen LogP contribution in [0.2, 0.25) is 0 Å². The molecule has 0 fully saturated rings. The standard InChI is InChI=1S/C10H7N5O/c16-9-5-8(7-3-1-2-4-11-7)15-10(14-9)12-6-13-15/h1-6H,(H,12,13,14,16). The van der Waals surface area contributed by atoms with Crippen LogP contribution >= 0.6 is 0 Å². The Kier molecular flexibility index (Phi) is 1.79. The highest BCUT2D eigenvalue weighted by atomic mass is 16.1. The van der Waals surface area contributed by atoms with Crippen molar-refractivity contribution in [1.29, 1.82) is 0 Å². The highest BCUT2D eigenvalue weighted by Crippen LogP contribution is 2.13. The molecule has 3 heterocycles. The van der Waals surface area contributed by atoms with E-state index in [0.717, 1.165) is 0 Å². The van der Waals surface area contributed by atoms with Crippen molar-refractivity contribution in [2.24, 2.45) is 0 Å². The largest absolute Gasteiger partial charge is 0.291 e. The molecule has 0 radical (unpaired) electrons. The summed E-state index contributed by atoms with van der Waals surface area (Å²) < 4.78 is 1.55. The highest BCUT2D eigenvalue weighted by Gasteiger charge is 2.07. The monoisotopic (exact) mass is 213 g/mol. The number of aromatic amines is 1. The van der Waals surface area contributed by atoms with Crippen molar-refractivity contribution < 1.29 is 0 Å². The summed E-state index contributed by atoms with van der Waals surface area (Å²) in [6, 6.07) is 6.93. The number of rotatable bonds is 1. The fourth-order valence-electron chi connectivity index (χ4n) is 1.53. The molecule has 1 N–H and O–H groups in total. The van der Waals surface area contributed by atoms with E-state index in [1.807, 2.05) is 18.2 Å². The first kappa shape index (κ1) is 8.78. The van der Waals surface area contributed by atoms with E-state index in [-0.39, 0.29) is 5.56 Å². The molecule has 0 unspecified atom stereocenters. The van der Waals surface area contributed by atoms with E-state index in [0.29, 0.717) is 17.2 Å². The van der Waals surface area contributed by atoms with Gasteiger partial charge in [0, 0.05) is 12.3 Å². The SMILES string of the molecule is O=c1cc(-c2ccccn2)n2ncnc2[nH]1. The molecule has 0 aliphatic rings. The number of H-pyrrole nitrogens is 1. The molecular weight excluding hydrogens is 206 g/mol. The van der Waals surface area contributed by atoms with Crippen LogP contribution < -0.4 is 5.56 Å². The Morgan fingerprint density at radius 2 is 2.19 bits per heavy atom. The van der Waals surface area contributed by atoms with Crippen LogP contribution in [0.25, 0.3) is 17.2 Å².